The quantitative estimate of drug-likeness (QED) is 0.284. The van der Waals surface area contributed by atoms with Crippen molar-refractivity contribution in [2.45, 2.75) is 59.1 Å². The molecular weight excluding hydrogens is 461 g/mol. The van der Waals surface area contributed by atoms with Crippen LogP contribution in [0.15, 0.2) is 9.52 Å². The molecule has 0 atom stereocenters. The van der Waals surface area contributed by atoms with E-state index in [1.165, 1.54) is 5.56 Å². The molecule has 2 N–H and O–H groups in total. The highest BCUT2D eigenvalue weighted by Gasteiger charge is 2.34. The van der Waals surface area contributed by atoms with E-state index in [1.807, 2.05) is 34.6 Å². The second-order valence-electron chi connectivity index (χ2n) is 7.63. The molecule has 1 saturated heterocycles. The fraction of sp³-hybridized carbons (Fsp3) is 0.722. The first-order valence-corrected chi connectivity index (χ1v) is 9.06. The number of amides is 1. The third-order valence-electron chi connectivity index (χ3n) is 4.17. The standard InChI is InChI=1S/C18H31N5O3.HI/c1-12-15(13(2)26-22-12)8-7-9-20-16(19-6)21-14-10-23(11-14)17(24)25-18(3,4)5;/h14H,7-11H2,1-6H3,(H2,19,20,21);1H. The molecule has 27 heavy (non-hydrogen) atoms. The predicted octanol–water partition coefficient (Wildman–Crippen LogP) is 2.63. The molecule has 1 aromatic rings. The first kappa shape index (κ1) is 23.5. The second-order valence-corrected chi connectivity index (χ2v) is 7.63. The number of hydrogen-bond acceptors (Lipinski definition) is 5. The minimum atomic E-state index is -0.464. The van der Waals surface area contributed by atoms with Crippen molar-refractivity contribution in [1.82, 2.24) is 20.7 Å². The molecule has 1 aliphatic heterocycles. The van der Waals surface area contributed by atoms with Crippen LogP contribution in [-0.4, -0.2) is 60.4 Å². The summed E-state index contributed by atoms with van der Waals surface area (Å²) in [6, 6.07) is 0.191. The summed E-state index contributed by atoms with van der Waals surface area (Å²) in [5.74, 6) is 1.64. The van der Waals surface area contributed by atoms with Gasteiger partial charge in [0.2, 0.25) is 0 Å². The lowest BCUT2D eigenvalue weighted by molar-refractivity contribution is 0.00701. The lowest BCUT2D eigenvalue weighted by atomic mass is 10.1. The van der Waals surface area contributed by atoms with Crippen LogP contribution in [0.4, 0.5) is 4.79 Å². The summed E-state index contributed by atoms with van der Waals surface area (Å²) >= 11 is 0. The van der Waals surface area contributed by atoms with E-state index in [1.54, 1.807) is 11.9 Å². The highest BCUT2D eigenvalue weighted by Crippen LogP contribution is 2.15. The number of hydrogen-bond donors (Lipinski definition) is 2. The molecule has 0 unspecified atom stereocenters. The molecule has 2 heterocycles. The Hall–Kier alpha value is -1.52. The second kappa shape index (κ2) is 10.1. The summed E-state index contributed by atoms with van der Waals surface area (Å²) < 4.78 is 10.5. The van der Waals surface area contributed by atoms with E-state index in [0.29, 0.717) is 13.1 Å². The predicted molar refractivity (Wildman–Crippen MR) is 116 cm³/mol. The van der Waals surface area contributed by atoms with Gasteiger partial charge in [-0.3, -0.25) is 4.99 Å². The van der Waals surface area contributed by atoms with Gasteiger partial charge in [0.15, 0.2) is 5.96 Å². The maximum Gasteiger partial charge on any atom is 0.410 e. The Kier molecular flexibility index (Phi) is 8.83. The van der Waals surface area contributed by atoms with Gasteiger partial charge in [0, 0.05) is 32.2 Å². The molecule has 0 spiro atoms. The third kappa shape index (κ3) is 7.19. The summed E-state index contributed by atoms with van der Waals surface area (Å²) in [4.78, 5) is 17.9. The highest BCUT2D eigenvalue weighted by molar-refractivity contribution is 14.0. The lowest BCUT2D eigenvalue weighted by Gasteiger charge is -2.40. The van der Waals surface area contributed by atoms with Crippen LogP contribution in [0.5, 0.6) is 0 Å². The van der Waals surface area contributed by atoms with Gasteiger partial charge in [0.05, 0.1) is 11.7 Å². The van der Waals surface area contributed by atoms with Gasteiger partial charge in [0.1, 0.15) is 11.4 Å². The average molecular weight is 493 g/mol. The summed E-state index contributed by atoms with van der Waals surface area (Å²) in [5, 5.41) is 10.6. The number of nitrogens with zero attached hydrogens (tertiary/aromatic N) is 3. The van der Waals surface area contributed by atoms with Crippen molar-refractivity contribution in [2.24, 2.45) is 4.99 Å². The molecule has 0 aromatic carbocycles. The fourth-order valence-electron chi connectivity index (χ4n) is 2.76. The molecular formula is C18H32IN5O3. The molecule has 2 rings (SSSR count). The zero-order valence-corrected chi connectivity index (χ0v) is 19.4. The van der Waals surface area contributed by atoms with Crippen LogP contribution < -0.4 is 10.6 Å². The molecule has 1 aliphatic rings. The van der Waals surface area contributed by atoms with Gasteiger partial charge in [-0.25, -0.2) is 4.79 Å². The molecule has 0 aliphatic carbocycles. The summed E-state index contributed by atoms with van der Waals surface area (Å²) in [6.45, 7) is 11.6. The molecule has 0 bridgehead atoms. The largest absolute Gasteiger partial charge is 0.444 e. The normalized spacial score (nSPS) is 15.0. The summed E-state index contributed by atoms with van der Waals surface area (Å²) in [7, 11) is 1.74. The number of aryl methyl sites for hydroxylation is 2. The van der Waals surface area contributed by atoms with E-state index < -0.39 is 5.60 Å². The first-order valence-electron chi connectivity index (χ1n) is 9.06. The Morgan fingerprint density at radius 1 is 1.37 bits per heavy atom. The molecule has 8 nitrogen and oxygen atoms in total. The number of rotatable bonds is 5. The lowest BCUT2D eigenvalue weighted by Crippen LogP contribution is -2.63. The van der Waals surface area contributed by atoms with Crippen LogP contribution >= 0.6 is 24.0 Å². The Balaban J connectivity index is 0.00000364. The van der Waals surface area contributed by atoms with E-state index in [4.69, 9.17) is 9.26 Å². The smallest absolute Gasteiger partial charge is 0.410 e. The van der Waals surface area contributed by atoms with Crippen LogP contribution in [0, 0.1) is 13.8 Å². The molecule has 1 fully saturated rings. The van der Waals surface area contributed by atoms with E-state index in [9.17, 15) is 4.79 Å². The van der Waals surface area contributed by atoms with Gasteiger partial charge in [-0.1, -0.05) is 5.16 Å². The molecule has 1 aromatic heterocycles. The highest BCUT2D eigenvalue weighted by atomic mass is 127. The number of ether oxygens (including phenoxy) is 1. The number of nitrogens with one attached hydrogen (secondary N) is 2. The molecule has 154 valence electrons. The summed E-state index contributed by atoms with van der Waals surface area (Å²) in [5.41, 5.74) is 1.68. The Labute approximate surface area is 178 Å². The average Bonchev–Trinajstić information content (AvgIpc) is 2.81. The van der Waals surface area contributed by atoms with Gasteiger partial charge in [-0.15, -0.1) is 24.0 Å². The van der Waals surface area contributed by atoms with Gasteiger partial charge < -0.3 is 24.8 Å². The maximum atomic E-state index is 11.9. The number of carbonyl (C=O) groups excluding carboxylic acids is 1. The zero-order chi connectivity index (χ0) is 19.3. The van der Waals surface area contributed by atoms with E-state index in [2.05, 4.69) is 20.8 Å². The van der Waals surface area contributed by atoms with Crippen LogP contribution in [0.2, 0.25) is 0 Å². The van der Waals surface area contributed by atoms with Crippen LogP contribution in [0.25, 0.3) is 0 Å². The Bertz CT molecular complexity index is 628. The number of aliphatic imine (C=N–C) groups is 1. The van der Waals surface area contributed by atoms with Crippen molar-refractivity contribution in [3.8, 4) is 0 Å². The topological polar surface area (TPSA) is 92.0 Å². The van der Waals surface area contributed by atoms with Crippen molar-refractivity contribution in [1.29, 1.82) is 0 Å². The van der Waals surface area contributed by atoms with Gasteiger partial charge >= 0.3 is 6.09 Å². The first-order chi connectivity index (χ1) is 12.2. The van der Waals surface area contributed by atoms with Crippen LogP contribution in [-0.2, 0) is 11.2 Å². The fourth-order valence-corrected chi connectivity index (χ4v) is 2.76. The third-order valence-corrected chi connectivity index (χ3v) is 4.17. The van der Waals surface area contributed by atoms with Crippen molar-refractivity contribution >= 4 is 36.0 Å². The Morgan fingerprint density at radius 3 is 2.56 bits per heavy atom. The van der Waals surface area contributed by atoms with Crippen molar-refractivity contribution in [3.05, 3.63) is 17.0 Å². The van der Waals surface area contributed by atoms with Crippen molar-refractivity contribution in [3.63, 3.8) is 0 Å². The molecule has 0 saturated carbocycles. The summed E-state index contributed by atoms with van der Waals surface area (Å²) in [6.07, 6.45) is 1.61. The van der Waals surface area contributed by atoms with Crippen molar-refractivity contribution < 1.29 is 14.1 Å². The van der Waals surface area contributed by atoms with E-state index >= 15 is 0 Å². The van der Waals surface area contributed by atoms with Gasteiger partial charge in [-0.05, 0) is 47.5 Å². The molecule has 1 amide bonds. The van der Waals surface area contributed by atoms with Crippen LogP contribution in [0.1, 0.15) is 44.2 Å². The minimum Gasteiger partial charge on any atom is -0.444 e. The number of aromatic nitrogens is 1. The number of guanidine groups is 1. The maximum absolute atomic E-state index is 11.9. The monoisotopic (exact) mass is 493 g/mol. The van der Waals surface area contributed by atoms with E-state index in [0.717, 1.165) is 36.8 Å². The van der Waals surface area contributed by atoms with Gasteiger partial charge in [-0.2, -0.15) is 0 Å². The number of likely N-dealkylation sites (tertiary alicyclic amines) is 1. The van der Waals surface area contributed by atoms with E-state index in [-0.39, 0.29) is 36.1 Å². The van der Waals surface area contributed by atoms with Gasteiger partial charge in [0.25, 0.3) is 0 Å². The zero-order valence-electron chi connectivity index (χ0n) is 17.1. The number of carbonyl (C=O) groups is 1. The van der Waals surface area contributed by atoms with Crippen LogP contribution in [0.3, 0.4) is 0 Å². The number of halogens is 1. The minimum absolute atomic E-state index is 0. The molecule has 9 heteroatoms. The van der Waals surface area contributed by atoms with Crippen molar-refractivity contribution in [2.75, 3.05) is 26.7 Å². The molecule has 0 radical (unpaired) electrons. The Morgan fingerprint density at radius 2 is 2.04 bits per heavy atom. The SMILES string of the molecule is CN=C(NCCCc1c(C)noc1C)NC1CN(C(=O)OC(C)(C)C)C1.I.